The molecule has 106 valence electrons. The second-order valence-electron chi connectivity index (χ2n) is 4.36. The average Bonchev–Trinajstić information content (AvgIpc) is 2.42. The summed E-state index contributed by atoms with van der Waals surface area (Å²) >= 11 is 0. The van der Waals surface area contributed by atoms with E-state index in [9.17, 15) is 14.0 Å². The zero-order valence-corrected chi connectivity index (χ0v) is 11.2. The molecule has 0 spiro atoms. The number of nitrogens with one attached hydrogen (secondary N) is 2. The van der Waals surface area contributed by atoms with Crippen molar-refractivity contribution in [2.75, 3.05) is 6.61 Å². The number of benzene rings is 1. The molecule has 0 fully saturated rings. The van der Waals surface area contributed by atoms with Gasteiger partial charge in [-0.3, -0.25) is 0 Å². The summed E-state index contributed by atoms with van der Waals surface area (Å²) in [6.45, 7) is 3.63. The average molecular weight is 278 g/mol. The van der Waals surface area contributed by atoms with Crippen LogP contribution >= 0.6 is 0 Å². The molecule has 6 heteroatoms. The van der Waals surface area contributed by atoms with Gasteiger partial charge in [0.15, 0.2) is 0 Å². The Bertz CT molecular complexity index is 566. The number of hydrogen-bond donors (Lipinski definition) is 2. The Morgan fingerprint density at radius 1 is 1.35 bits per heavy atom. The van der Waals surface area contributed by atoms with E-state index in [1.54, 1.807) is 26.0 Å². The Hall–Kier alpha value is -2.37. The smallest absolute Gasteiger partial charge is 0.354 e. The molecule has 1 aromatic carbocycles. The van der Waals surface area contributed by atoms with Gasteiger partial charge in [0.05, 0.1) is 12.6 Å². The molecule has 0 bridgehead atoms. The van der Waals surface area contributed by atoms with Crippen molar-refractivity contribution in [2.45, 2.75) is 19.9 Å². The van der Waals surface area contributed by atoms with Gasteiger partial charge in [-0.15, -0.1) is 0 Å². The van der Waals surface area contributed by atoms with Gasteiger partial charge >= 0.3 is 12.0 Å². The van der Waals surface area contributed by atoms with Crippen molar-refractivity contribution in [3.8, 4) is 0 Å². The van der Waals surface area contributed by atoms with Crippen LogP contribution in [0.25, 0.3) is 0 Å². The lowest BCUT2D eigenvalue weighted by Gasteiger charge is -2.27. The highest BCUT2D eigenvalue weighted by atomic mass is 19.1. The minimum atomic E-state index is -0.577. The molecule has 0 aliphatic carbocycles. The SMILES string of the molecule is CCOC(=O)C1=C(C)C(c2ccc(F)cc2)NC(=O)N1. The van der Waals surface area contributed by atoms with Crippen molar-refractivity contribution < 1.29 is 18.7 Å². The van der Waals surface area contributed by atoms with E-state index in [1.807, 2.05) is 0 Å². The fourth-order valence-corrected chi connectivity index (χ4v) is 2.04. The Morgan fingerprint density at radius 3 is 2.60 bits per heavy atom. The molecular formula is C14H15FN2O3. The summed E-state index contributed by atoms with van der Waals surface area (Å²) in [7, 11) is 0. The summed E-state index contributed by atoms with van der Waals surface area (Å²) in [5.74, 6) is -0.937. The van der Waals surface area contributed by atoms with Gasteiger partial charge < -0.3 is 15.4 Å². The van der Waals surface area contributed by atoms with Crippen molar-refractivity contribution in [2.24, 2.45) is 0 Å². The number of esters is 1. The maximum Gasteiger partial charge on any atom is 0.354 e. The van der Waals surface area contributed by atoms with Crippen LogP contribution in [-0.2, 0) is 9.53 Å². The second-order valence-corrected chi connectivity index (χ2v) is 4.36. The Morgan fingerprint density at radius 2 is 2.00 bits per heavy atom. The predicted octanol–water partition coefficient (Wildman–Crippen LogP) is 2.02. The van der Waals surface area contributed by atoms with Crippen LogP contribution < -0.4 is 10.6 Å². The van der Waals surface area contributed by atoms with Gasteiger partial charge in [0.25, 0.3) is 0 Å². The Balaban J connectivity index is 2.37. The highest BCUT2D eigenvalue weighted by Gasteiger charge is 2.29. The number of rotatable bonds is 3. The van der Waals surface area contributed by atoms with E-state index in [0.717, 1.165) is 0 Å². The van der Waals surface area contributed by atoms with Gasteiger partial charge in [-0.05, 0) is 37.1 Å². The molecule has 0 saturated heterocycles. The summed E-state index contributed by atoms with van der Waals surface area (Å²) in [4.78, 5) is 23.4. The normalized spacial score (nSPS) is 18.4. The van der Waals surface area contributed by atoms with E-state index in [1.165, 1.54) is 12.1 Å². The molecule has 2 amide bonds. The van der Waals surface area contributed by atoms with E-state index >= 15 is 0 Å². The number of carbonyl (C=O) groups is 2. The molecular weight excluding hydrogens is 263 g/mol. The molecule has 2 N–H and O–H groups in total. The third-order valence-corrected chi connectivity index (χ3v) is 3.02. The van der Waals surface area contributed by atoms with Crippen molar-refractivity contribution in [3.05, 3.63) is 46.9 Å². The van der Waals surface area contributed by atoms with Gasteiger partial charge in [-0.1, -0.05) is 12.1 Å². The zero-order chi connectivity index (χ0) is 14.7. The van der Waals surface area contributed by atoms with Crippen molar-refractivity contribution in [3.63, 3.8) is 0 Å². The molecule has 0 aromatic heterocycles. The van der Waals surface area contributed by atoms with Crippen LogP contribution in [0.15, 0.2) is 35.5 Å². The molecule has 1 unspecified atom stereocenters. The zero-order valence-electron chi connectivity index (χ0n) is 11.2. The summed E-state index contributed by atoms with van der Waals surface area (Å²) in [6.07, 6.45) is 0. The lowest BCUT2D eigenvalue weighted by atomic mass is 9.96. The van der Waals surface area contributed by atoms with Gasteiger partial charge in [0.1, 0.15) is 11.5 Å². The van der Waals surface area contributed by atoms with Crippen molar-refractivity contribution in [1.29, 1.82) is 0 Å². The Labute approximate surface area is 115 Å². The van der Waals surface area contributed by atoms with Crippen molar-refractivity contribution >= 4 is 12.0 Å². The molecule has 0 radical (unpaired) electrons. The maximum atomic E-state index is 12.9. The molecule has 0 saturated carbocycles. The summed E-state index contributed by atoms with van der Waals surface area (Å²) in [5.41, 5.74) is 1.44. The first-order valence-corrected chi connectivity index (χ1v) is 6.23. The van der Waals surface area contributed by atoms with Gasteiger partial charge in [0, 0.05) is 0 Å². The standard InChI is InChI=1S/C14H15FN2O3/c1-3-20-13(18)12-8(2)11(16-14(19)17-12)9-4-6-10(15)7-5-9/h4-7,11H,3H2,1-2H3,(H2,16,17,19). The van der Waals surface area contributed by atoms with E-state index in [4.69, 9.17) is 4.74 Å². The fourth-order valence-electron chi connectivity index (χ4n) is 2.04. The number of ether oxygens (including phenoxy) is 1. The highest BCUT2D eigenvalue weighted by molar-refractivity contribution is 5.96. The van der Waals surface area contributed by atoms with Gasteiger partial charge in [-0.25, -0.2) is 14.0 Å². The first kappa shape index (κ1) is 14.0. The van der Waals surface area contributed by atoms with E-state index in [2.05, 4.69) is 10.6 Å². The molecule has 5 nitrogen and oxygen atoms in total. The first-order valence-electron chi connectivity index (χ1n) is 6.23. The molecule has 2 rings (SSSR count). The molecule has 1 aromatic rings. The molecule has 1 atom stereocenters. The largest absolute Gasteiger partial charge is 0.461 e. The van der Waals surface area contributed by atoms with Crippen LogP contribution in [0.4, 0.5) is 9.18 Å². The van der Waals surface area contributed by atoms with Gasteiger partial charge in [-0.2, -0.15) is 0 Å². The number of hydrogen-bond acceptors (Lipinski definition) is 3. The molecule has 20 heavy (non-hydrogen) atoms. The Kier molecular flexibility index (Phi) is 4.02. The summed E-state index contributed by atoms with van der Waals surface area (Å²) in [5, 5.41) is 5.13. The molecule has 1 aliphatic rings. The van der Waals surface area contributed by atoms with Crippen molar-refractivity contribution in [1.82, 2.24) is 10.6 Å². The van der Waals surface area contributed by atoms with Crippen LogP contribution in [0.2, 0.25) is 0 Å². The van der Waals surface area contributed by atoms with Crippen LogP contribution in [0.3, 0.4) is 0 Å². The van der Waals surface area contributed by atoms with Crippen LogP contribution in [0, 0.1) is 5.82 Å². The van der Waals surface area contributed by atoms with E-state index in [0.29, 0.717) is 11.1 Å². The topological polar surface area (TPSA) is 67.4 Å². The quantitative estimate of drug-likeness (QED) is 0.831. The molecule has 1 aliphatic heterocycles. The maximum absolute atomic E-state index is 12.9. The van der Waals surface area contributed by atoms with E-state index < -0.39 is 18.0 Å². The predicted molar refractivity (Wildman–Crippen MR) is 70.1 cm³/mol. The van der Waals surface area contributed by atoms with Crippen LogP contribution in [0.1, 0.15) is 25.5 Å². The number of urea groups is 1. The van der Waals surface area contributed by atoms with E-state index in [-0.39, 0.29) is 18.1 Å². The fraction of sp³-hybridized carbons (Fsp3) is 0.286. The number of carbonyl (C=O) groups excluding carboxylic acids is 2. The minimum Gasteiger partial charge on any atom is -0.461 e. The lowest BCUT2D eigenvalue weighted by molar-refractivity contribution is -0.139. The second kappa shape index (κ2) is 5.73. The van der Waals surface area contributed by atoms with Crippen LogP contribution in [-0.4, -0.2) is 18.6 Å². The minimum absolute atomic E-state index is 0.130. The summed E-state index contributed by atoms with van der Waals surface area (Å²) in [6, 6.07) is 4.77. The number of halogens is 1. The third kappa shape index (κ3) is 2.79. The molecule has 1 heterocycles. The number of amides is 2. The van der Waals surface area contributed by atoms with Crippen LogP contribution in [0.5, 0.6) is 0 Å². The first-order chi connectivity index (χ1) is 9.52. The lowest BCUT2D eigenvalue weighted by Crippen LogP contribution is -2.45. The van der Waals surface area contributed by atoms with Gasteiger partial charge in [0.2, 0.25) is 0 Å². The highest BCUT2D eigenvalue weighted by Crippen LogP contribution is 2.26. The summed E-state index contributed by atoms with van der Waals surface area (Å²) < 4.78 is 17.9. The monoisotopic (exact) mass is 278 g/mol. The third-order valence-electron chi connectivity index (χ3n) is 3.02.